The molecule has 6 rings (SSSR count). The van der Waals surface area contributed by atoms with Gasteiger partial charge in [-0.1, -0.05) is 30.7 Å². The molecule has 0 aliphatic carbocycles. The summed E-state index contributed by atoms with van der Waals surface area (Å²) in [6.45, 7) is 3.11. The Balaban J connectivity index is 1.38. The molecule has 3 aromatic carbocycles. The van der Waals surface area contributed by atoms with Gasteiger partial charge in [0.15, 0.2) is 0 Å². The van der Waals surface area contributed by atoms with Gasteiger partial charge in [0.05, 0.1) is 16.3 Å². The van der Waals surface area contributed by atoms with Crippen LogP contribution in [-0.4, -0.2) is 44.1 Å². The predicted molar refractivity (Wildman–Crippen MR) is 155 cm³/mol. The van der Waals surface area contributed by atoms with Gasteiger partial charge in [0.1, 0.15) is 11.7 Å². The Morgan fingerprint density at radius 1 is 1.05 bits per heavy atom. The van der Waals surface area contributed by atoms with Crippen molar-refractivity contribution in [1.82, 2.24) is 14.5 Å². The molecule has 0 spiro atoms. The van der Waals surface area contributed by atoms with Crippen molar-refractivity contribution < 1.29 is 9.72 Å². The van der Waals surface area contributed by atoms with E-state index < -0.39 is 10.8 Å². The quantitative estimate of drug-likeness (QED) is 0.182. The Bertz CT molecular complexity index is 1580. The van der Waals surface area contributed by atoms with Crippen molar-refractivity contribution >= 4 is 28.7 Å². The number of anilines is 1. The van der Waals surface area contributed by atoms with Gasteiger partial charge >= 0.3 is 0 Å². The summed E-state index contributed by atoms with van der Waals surface area (Å²) in [4.78, 5) is 36.3. The Morgan fingerprint density at radius 2 is 1.80 bits per heavy atom. The van der Waals surface area contributed by atoms with Crippen molar-refractivity contribution in [3.8, 4) is 11.4 Å². The molecule has 1 aromatic heterocycles. The van der Waals surface area contributed by atoms with Gasteiger partial charge in [0.25, 0.3) is 5.69 Å². The zero-order valence-corrected chi connectivity index (χ0v) is 22.3. The third-order valence-electron chi connectivity index (χ3n) is 7.65. The lowest BCUT2D eigenvalue weighted by molar-refractivity contribution is -0.384. The molecule has 202 valence electrons. The highest BCUT2D eigenvalue weighted by molar-refractivity contribution is 6.24. The normalized spacial score (nSPS) is 17.5. The van der Waals surface area contributed by atoms with Crippen LogP contribution in [0.2, 0.25) is 0 Å². The van der Waals surface area contributed by atoms with Gasteiger partial charge in [-0.3, -0.25) is 24.8 Å². The fourth-order valence-electron chi connectivity index (χ4n) is 5.55. The molecule has 2 aliphatic heterocycles. The van der Waals surface area contributed by atoms with Crippen molar-refractivity contribution in [2.75, 3.05) is 18.4 Å². The molecule has 1 saturated heterocycles. The van der Waals surface area contributed by atoms with E-state index in [9.17, 15) is 14.9 Å². The van der Waals surface area contributed by atoms with E-state index in [4.69, 9.17) is 4.99 Å². The number of nitrogens with one attached hydrogen (secondary N) is 1. The largest absolute Gasteiger partial charge is 0.334 e. The minimum absolute atomic E-state index is 0.0594. The average molecular weight is 535 g/mol. The fourth-order valence-corrected chi connectivity index (χ4v) is 5.55. The number of nitro benzene ring substituents is 1. The molecule has 0 radical (unpaired) electrons. The molecular formula is C31H30N6O3. The molecule has 1 fully saturated rings. The lowest BCUT2D eigenvalue weighted by Crippen LogP contribution is -2.29. The number of amides is 1. The van der Waals surface area contributed by atoms with E-state index >= 15 is 0 Å². The Morgan fingerprint density at radius 3 is 2.48 bits per heavy atom. The second-order valence-electron chi connectivity index (χ2n) is 10.4. The van der Waals surface area contributed by atoms with E-state index in [1.807, 2.05) is 54.2 Å². The number of benzene rings is 3. The van der Waals surface area contributed by atoms with Crippen LogP contribution in [0.25, 0.3) is 11.4 Å². The summed E-state index contributed by atoms with van der Waals surface area (Å²) in [6, 6.07) is 20.4. The predicted octanol–water partition coefficient (Wildman–Crippen LogP) is 5.84. The molecule has 9 nitrogen and oxygen atoms in total. The van der Waals surface area contributed by atoms with Crippen molar-refractivity contribution in [3.05, 3.63) is 106 Å². The third kappa shape index (κ3) is 5.15. The molecule has 1 atom stereocenters. The first-order chi connectivity index (χ1) is 19.5. The Labute approximate surface area is 232 Å². The molecule has 1 unspecified atom stereocenters. The zero-order chi connectivity index (χ0) is 27.6. The minimum atomic E-state index is -0.780. The highest BCUT2D eigenvalue weighted by atomic mass is 16.6. The van der Waals surface area contributed by atoms with Crippen LogP contribution >= 0.6 is 0 Å². The summed E-state index contributed by atoms with van der Waals surface area (Å²) in [5.74, 6) is -0.190. The second-order valence-corrected chi connectivity index (χ2v) is 10.4. The first kappa shape index (κ1) is 25.6. The molecule has 3 heterocycles. The number of imidazole rings is 1. The fraction of sp³-hybridized carbons (Fsp3) is 0.258. The van der Waals surface area contributed by atoms with Gasteiger partial charge in [-0.15, -0.1) is 0 Å². The molecule has 4 aromatic rings. The highest BCUT2D eigenvalue weighted by Gasteiger charge is 2.36. The molecule has 9 heteroatoms. The molecule has 0 saturated carbocycles. The number of piperidine rings is 1. The van der Waals surface area contributed by atoms with E-state index in [-0.39, 0.29) is 11.6 Å². The van der Waals surface area contributed by atoms with E-state index in [0.717, 1.165) is 36.6 Å². The zero-order valence-electron chi connectivity index (χ0n) is 22.3. The summed E-state index contributed by atoms with van der Waals surface area (Å²) in [5.41, 5.74) is 5.25. The number of hydrogen-bond donors (Lipinski definition) is 1. The van der Waals surface area contributed by atoms with E-state index in [0.29, 0.717) is 22.6 Å². The van der Waals surface area contributed by atoms with Crippen LogP contribution in [-0.2, 0) is 18.4 Å². The van der Waals surface area contributed by atoms with Gasteiger partial charge in [-0.2, -0.15) is 0 Å². The number of nitrogens with zero attached hydrogens (tertiary/aromatic N) is 5. The first-order valence-corrected chi connectivity index (χ1v) is 13.5. The van der Waals surface area contributed by atoms with E-state index in [2.05, 4.69) is 27.3 Å². The number of carbonyl (C=O) groups is 1. The van der Waals surface area contributed by atoms with Crippen molar-refractivity contribution in [1.29, 1.82) is 0 Å². The summed E-state index contributed by atoms with van der Waals surface area (Å²) < 4.78 is 1.95. The van der Waals surface area contributed by atoms with E-state index in [1.165, 1.54) is 37.0 Å². The van der Waals surface area contributed by atoms with Gasteiger partial charge in [0.2, 0.25) is 5.91 Å². The monoisotopic (exact) mass is 534 g/mol. The number of aryl methyl sites for hydroxylation is 1. The number of non-ortho nitro benzene ring substituents is 1. The van der Waals surface area contributed by atoms with Crippen molar-refractivity contribution in [3.63, 3.8) is 0 Å². The molecule has 40 heavy (non-hydrogen) atoms. The summed E-state index contributed by atoms with van der Waals surface area (Å²) in [7, 11) is 1.94. The lowest BCUT2D eigenvalue weighted by atomic mass is 9.90. The number of rotatable bonds is 7. The summed E-state index contributed by atoms with van der Waals surface area (Å²) in [5, 5.41) is 14.4. The highest BCUT2D eigenvalue weighted by Crippen LogP contribution is 2.38. The number of aromatic nitrogens is 2. The standard InChI is InChI=1S/C31H30N6O3/c1-35-18-15-32-30(35)23-9-11-24(12-10-23)33-29(22-7-5-21(6-8-22)20-36-16-3-2-4-17-36)28-26-19-25(37(39)40)13-14-27(26)34-31(28)38/h5-15,18-19,28H,2-4,16-17,20H2,1H3,(H,34,38). The van der Waals surface area contributed by atoms with Crippen molar-refractivity contribution in [2.45, 2.75) is 31.7 Å². The van der Waals surface area contributed by atoms with Crippen LogP contribution in [0.4, 0.5) is 17.1 Å². The topological polar surface area (TPSA) is 106 Å². The Hall–Kier alpha value is -4.63. The van der Waals surface area contributed by atoms with Crippen LogP contribution in [0.5, 0.6) is 0 Å². The van der Waals surface area contributed by atoms with Gasteiger partial charge < -0.3 is 9.88 Å². The smallest absolute Gasteiger partial charge is 0.269 e. The maximum atomic E-state index is 13.3. The number of aliphatic imine (C=N–C) groups is 1. The molecular weight excluding hydrogens is 504 g/mol. The summed E-state index contributed by atoms with van der Waals surface area (Å²) >= 11 is 0. The minimum Gasteiger partial charge on any atom is -0.334 e. The van der Waals surface area contributed by atoms with Crippen LogP contribution in [0.15, 0.2) is 84.1 Å². The van der Waals surface area contributed by atoms with E-state index in [1.54, 1.807) is 12.3 Å². The van der Waals surface area contributed by atoms with Crippen LogP contribution in [0.3, 0.4) is 0 Å². The second kappa shape index (κ2) is 10.9. The molecule has 1 N–H and O–H groups in total. The van der Waals surface area contributed by atoms with Crippen LogP contribution in [0, 0.1) is 10.1 Å². The van der Waals surface area contributed by atoms with Crippen LogP contribution < -0.4 is 5.32 Å². The SMILES string of the molecule is Cn1ccnc1-c1ccc(N=C(c2ccc(CN3CCCCC3)cc2)C2C(=O)Nc3ccc([N+](=O)[O-])cc32)cc1. The van der Waals surface area contributed by atoms with Crippen molar-refractivity contribution in [2.24, 2.45) is 12.0 Å². The number of fused-ring (bicyclic) bond motifs is 1. The molecule has 2 aliphatic rings. The maximum absolute atomic E-state index is 13.3. The van der Waals surface area contributed by atoms with Gasteiger partial charge in [-0.05, 0) is 67.4 Å². The molecule has 0 bridgehead atoms. The molecule has 1 amide bonds. The number of likely N-dealkylation sites (tertiary alicyclic amines) is 1. The number of carbonyl (C=O) groups excluding carboxylic acids is 1. The van der Waals surface area contributed by atoms with Gasteiger partial charge in [0, 0.05) is 54.9 Å². The first-order valence-electron chi connectivity index (χ1n) is 13.5. The average Bonchev–Trinajstić information content (AvgIpc) is 3.54. The van der Waals surface area contributed by atoms with Gasteiger partial charge in [-0.25, -0.2) is 4.98 Å². The Kier molecular flexibility index (Phi) is 6.96. The van der Waals surface area contributed by atoms with Crippen LogP contribution in [0.1, 0.15) is 41.9 Å². The lowest BCUT2D eigenvalue weighted by Gasteiger charge is -2.26. The summed E-state index contributed by atoms with van der Waals surface area (Å²) in [6.07, 6.45) is 7.40. The third-order valence-corrected chi connectivity index (χ3v) is 7.65. The number of nitro groups is 1. The number of hydrogen-bond acceptors (Lipinski definition) is 6. The maximum Gasteiger partial charge on any atom is 0.269 e.